The van der Waals surface area contributed by atoms with Gasteiger partial charge in [-0.15, -0.1) is 0 Å². The van der Waals surface area contributed by atoms with Gasteiger partial charge in [0.25, 0.3) is 0 Å². The van der Waals surface area contributed by atoms with Gasteiger partial charge >= 0.3 is 12.1 Å². The van der Waals surface area contributed by atoms with Gasteiger partial charge in [-0.1, -0.05) is 6.58 Å². The second kappa shape index (κ2) is 6.93. The van der Waals surface area contributed by atoms with Crippen molar-refractivity contribution in [3.05, 3.63) is 30.5 Å². The zero-order valence-corrected chi connectivity index (χ0v) is 13.0. The van der Waals surface area contributed by atoms with E-state index in [0.29, 0.717) is 0 Å². The van der Waals surface area contributed by atoms with Crippen LogP contribution in [0.5, 0.6) is 0 Å². The number of anilines is 1. The summed E-state index contributed by atoms with van der Waals surface area (Å²) in [6.45, 7) is 8.47. The number of methoxy groups -OCH3 is 1. The van der Waals surface area contributed by atoms with Crippen molar-refractivity contribution in [2.24, 2.45) is 0 Å². The van der Waals surface area contributed by atoms with Gasteiger partial charge in [0.1, 0.15) is 5.60 Å². The molecule has 7 nitrogen and oxygen atoms in total. The molecule has 1 aromatic heterocycles. The maximum Gasteiger partial charge on any atom is 0.424 e. The summed E-state index contributed by atoms with van der Waals surface area (Å²) in [6, 6.07) is 2.96. The number of hydrogen-bond donors (Lipinski definition) is 0. The summed E-state index contributed by atoms with van der Waals surface area (Å²) in [5, 5.41) is 0. The van der Waals surface area contributed by atoms with E-state index in [1.807, 2.05) is 0 Å². The first-order valence-corrected chi connectivity index (χ1v) is 6.51. The lowest BCUT2D eigenvalue weighted by Gasteiger charge is -2.24. The molecule has 7 heteroatoms. The van der Waals surface area contributed by atoms with Crippen LogP contribution in [0.2, 0.25) is 0 Å². The molecule has 0 aliphatic rings. The minimum Gasteiger partial charge on any atom is -0.466 e. The predicted molar refractivity (Wildman–Crippen MR) is 78.2 cm³/mol. The Labute approximate surface area is 128 Å². The maximum absolute atomic E-state index is 12.3. The Morgan fingerprint density at radius 3 is 2.41 bits per heavy atom. The number of furan rings is 1. The molecule has 1 rings (SSSR count). The standard InChI is InChI=1S/C15H19NO6/c1-10(13(18)20-5)9-11(17)16(12-7-6-8-21-12)14(19)22-15(2,3)4/h6-8H,1,9H2,2-5H3. The fourth-order valence-corrected chi connectivity index (χ4v) is 1.50. The molecule has 0 saturated carbocycles. The van der Waals surface area contributed by atoms with Crippen LogP contribution in [0.25, 0.3) is 0 Å². The van der Waals surface area contributed by atoms with E-state index in [2.05, 4.69) is 11.3 Å². The Morgan fingerprint density at radius 2 is 1.95 bits per heavy atom. The van der Waals surface area contributed by atoms with Crippen LogP contribution in [-0.4, -0.2) is 30.7 Å². The molecule has 0 spiro atoms. The predicted octanol–water partition coefficient (Wildman–Crippen LogP) is 2.67. The van der Waals surface area contributed by atoms with Crippen LogP contribution < -0.4 is 4.90 Å². The van der Waals surface area contributed by atoms with Crippen LogP contribution in [0.1, 0.15) is 27.2 Å². The van der Waals surface area contributed by atoms with Gasteiger partial charge in [0, 0.05) is 11.6 Å². The summed E-state index contributed by atoms with van der Waals surface area (Å²) in [5.74, 6) is -1.44. The third kappa shape index (κ3) is 4.76. The summed E-state index contributed by atoms with van der Waals surface area (Å²) in [4.78, 5) is 36.5. The van der Waals surface area contributed by atoms with Crippen LogP contribution in [0, 0.1) is 0 Å². The molecule has 120 valence electrons. The highest BCUT2D eigenvalue weighted by molar-refractivity contribution is 6.13. The SMILES string of the molecule is C=C(CC(=O)N(C(=O)OC(C)(C)C)c1ccco1)C(=O)OC. The van der Waals surface area contributed by atoms with Gasteiger partial charge in [0.15, 0.2) is 0 Å². The quantitative estimate of drug-likeness (QED) is 0.628. The summed E-state index contributed by atoms with van der Waals surface area (Å²) in [5.41, 5.74) is -0.866. The first-order chi connectivity index (χ1) is 10.2. The number of imide groups is 1. The zero-order valence-electron chi connectivity index (χ0n) is 13.0. The highest BCUT2D eigenvalue weighted by atomic mass is 16.6. The van der Waals surface area contributed by atoms with E-state index in [-0.39, 0.29) is 11.5 Å². The topological polar surface area (TPSA) is 86.0 Å². The van der Waals surface area contributed by atoms with Crippen LogP contribution in [0.15, 0.2) is 35.0 Å². The van der Waals surface area contributed by atoms with E-state index < -0.39 is 30.0 Å². The van der Waals surface area contributed by atoms with Crippen molar-refractivity contribution >= 4 is 23.9 Å². The Morgan fingerprint density at radius 1 is 1.32 bits per heavy atom. The van der Waals surface area contributed by atoms with Crippen molar-refractivity contribution in [2.75, 3.05) is 12.0 Å². The third-order valence-electron chi connectivity index (χ3n) is 2.39. The van der Waals surface area contributed by atoms with E-state index in [1.54, 1.807) is 20.8 Å². The smallest absolute Gasteiger partial charge is 0.424 e. The molecule has 0 bridgehead atoms. The summed E-state index contributed by atoms with van der Waals surface area (Å²) in [6.07, 6.45) is 0.0203. The lowest BCUT2D eigenvalue weighted by atomic mass is 10.2. The molecule has 0 radical (unpaired) electrons. The van der Waals surface area contributed by atoms with E-state index in [0.717, 1.165) is 4.90 Å². The summed E-state index contributed by atoms with van der Waals surface area (Å²) < 4.78 is 14.7. The molecule has 1 aromatic rings. The average Bonchev–Trinajstić information content (AvgIpc) is 2.89. The first-order valence-electron chi connectivity index (χ1n) is 6.51. The fourth-order valence-electron chi connectivity index (χ4n) is 1.50. The molecule has 0 atom stereocenters. The second-order valence-electron chi connectivity index (χ2n) is 5.43. The summed E-state index contributed by atoms with van der Waals surface area (Å²) >= 11 is 0. The third-order valence-corrected chi connectivity index (χ3v) is 2.39. The number of amides is 2. The fraction of sp³-hybridized carbons (Fsp3) is 0.400. The molecule has 2 amide bonds. The van der Waals surface area contributed by atoms with E-state index in [1.165, 1.54) is 25.5 Å². The van der Waals surface area contributed by atoms with Gasteiger partial charge in [0.05, 0.1) is 19.8 Å². The van der Waals surface area contributed by atoms with Crippen LogP contribution in [-0.2, 0) is 19.1 Å². The first kappa shape index (κ1) is 17.5. The Kier molecular flexibility index (Phi) is 5.50. The number of esters is 1. The number of hydrogen-bond acceptors (Lipinski definition) is 6. The van der Waals surface area contributed by atoms with Crippen molar-refractivity contribution in [1.29, 1.82) is 0 Å². The van der Waals surface area contributed by atoms with Crippen molar-refractivity contribution in [3.63, 3.8) is 0 Å². The van der Waals surface area contributed by atoms with Crippen molar-refractivity contribution in [3.8, 4) is 0 Å². The number of carbonyl (C=O) groups excluding carboxylic acids is 3. The van der Waals surface area contributed by atoms with Crippen LogP contribution in [0.4, 0.5) is 10.7 Å². The molecule has 0 N–H and O–H groups in total. The normalized spacial score (nSPS) is 10.7. The number of carbonyl (C=O) groups is 3. The van der Waals surface area contributed by atoms with Gasteiger partial charge in [-0.2, -0.15) is 4.90 Å². The van der Waals surface area contributed by atoms with Gasteiger partial charge in [-0.25, -0.2) is 9.59 Å². The number of rotatable bonds is 4. The summed E-state index contributed by atoms with van der Waals surface area (Å²) in [7, 11) is 1.18. The largest absolute Gasteiger partial charge is 0.466 e. The zero-order chi connectivity index (χ0) is 16.9. The van der Waals surface area contributed by atoms with Crippen LogP contribution in [0.3, 0.4) is 0 Å². The lowest BCUT2D eigenvalue weighted by Crippen LogP contribution is -2.41. The number of ether oxygens (including phenoxy) is 2. The Hall–Kier alpha value is -2.57. The molecule has 0 saturated heterocycles. The Bertz CT molecular complexity index is 567. The highest BCUT2D eigenvalue weighted by Gasteiger charge is 2.31. The molecule has 22 heavy (non-hydrogen) atoms. The highest BCUT2D eigenvalue weighted by Crippen LogP contribution is 2.21. The molecule has 0 unspecified atom stereocenters. The molecule has 0 aromatic carbocycles. The van der Waals surface area contributed by atoms with E-state index in [4.69, 9.17) is 9.15 Å². The molecular formula is C15H19NO6. The van der Waals surface area contributed by atoms with Gasteiger partial charge in [-0.05, 0) is 26.8 Å². The van der Waals surface area contributed by atoms with Crippen molar-refractivity contribution < 1.29 is 28.3 Å². The number of nitrogens with zero attached hydrogens (tertiary/aromatic N) is 1. The van der Waals surface area contributed by atoms with Gasteiger partial charge in [-0.3, -0.25) is 4.79 Å². The average molecular weight is 309 g/mol. The molecule has 0 aliphatic heterocycles. The van der Waals surface area contributed by atoms with Crippen molar-refractivity contribution in [2.45, 2.75) is 32.8 Å². The minimum absolute atomic E-state index is 0.00286. The second-order valence-corrected chi connectivity index (χ2v) is 5.43. The molecule has 1 heterocycles. The molecule has 0 aliphatic carbocycles. The van der Waals surface area contributed by atoms with Gasteiger partial charge in [0.2, 0.25) is 11.8 Å². The van der Waals surface area contributed by atoms with E-state index in [9.17, 15) is 14.4 Å². The minimum atomic E-state index is -0.898. The Balaban J connectivity index is 2.97. The molecular weight excluding hydrogens is 290 g/mol. The monoisotopic (exact) mass is 309 g/mol. The van der Waals surface area contributed by atoms with E-state index >= 15 is 0 Å². The van der Waals surface area contributed by atoms with Gasteiger partial charge < -0.3 is 13.9 Å². The molecule has 0 fully saturated rings. The maximum atomic E-state index is 12.3. The van der Waals surface area contributed by atoms with Crippen molar-refractivity contribution in [1.82, 2.24) is 0 Å². The lowest BCUT2D eigenvalue weighted by molar-refractivity contribution is -0.137. The van der Waals surface area contributed by atoms with Crippen LogP contribution >= 0.6 is 0 Å².